The summed E-state index contributed by atoms with van der Waals surface area (Å²) in [5.74, 6) is 0.359. The molecule has 2 N–H and O–H groups in total. The summed E-state index contributed by atoms with van der Waals surface area (Å²) < 4.78 is 16.1. The van der Waals surface area contributed by atoms with E-state index in [-0.39, 0.29) is 5.82 Å². The van der Waals surface area contributed by atoms with Crippen molar-refractivity contribution >= 4 is 11.2 Å². The van der Waals surface area contributed by atoms with Crippen molar-refractivity contribution in [3.63, 3.8) is 0 Å². The fraction of sp³-hybridized carbons (Fsp3) is 0.294. The number of rotatable bonds is 5. The van der Waals surface area contributed by atoms with Crippen LogP contribution in [0, 0.1) is 12.7 Å². The van der Waals surface area contributed by atoms with Crippen LogP contribution < -0.4 is 5.73 Å². The van der Waals surface area contributed by atoms with Gasteiger partial charge in [-0.2, -0.15) is 0 Å². The first-order valence-corrected chi connectivity index (χ1v) is 7.48. The Hall–Kier alpha value is -2.27. The summed E-state index contributed by atoms with van der Waals surface area (Å²) in [6, 6.07) is 8.69. The maximum absolute atomic E-state index is 14.2. The molecule has 2 heterocycles. The summed E-state index contributed by atoms with van der Waals surface area (Å²) in [5.41, 5.74) is 8.71. The Morgan fingerprint density at radius 2 is 2.05 bits per heavy atom. The lowest BCUT2D eigenvalue weighted by Gasteiger charge is -2.09. The molecule has 0 fully saturated rings. The van der Waals surface area contributed by atoms with E-state index in [2.05, 4.69) is 9.97 Å². The Labute approximate surface area is 128 Å². The van der Waals surface area contributed by atoms with Crippen molar-refractivity contribution in [1.29, 1.82) is 0 Å². The second kappa shape index (κ2) is 6.23. The normalized spacial score (nSPS) is 11.2. The molecule has 0 saturated heterocycles. The van der Waals surface area contributed by atoms with Gasteiger partial charge in [0.2, 0.25) is 0 Å². The SMILES string of the molecule is Cc1cnc2c(c1)nc(-c1ccccc1F)n2CCCCN. The van der Waals surface area contributed by atoms with Crippen LogP contribution in [-0.4, -0.2) is 21.1 Å². The van der Waals surface area contributed by atoms with Crippen LogP contribution in [0.4, 0.5) is 4.39 Å². The van der Waals surface area contributed by atoms with Gasteiger partial charge in [-0.3, -0.25) is 0 Å². The second-order valence-corrected chi connectivity index (χ2v) is 5.42. The Morgan fingerprint density at radius 3 is 2.82 bits per heavy atom. The predicted octanol–water partition coefficient (Wildman–Crippen LogP) is 3.28. The molecule has 0 saturated carbocycles. The molecule has 0 aliphatic rings. The molecule has 0 unspecified atom stereocenters. The van der Waals surface area contributed by atoms with Crippen molar-refractivity contribution in [2.45, 2.75) is 26.3 Å². The van der Waals surface area contributed by atoms with E-state index in [1.165, 1.54) is 6.07 Å². The fourth-order valence-electron chi connectivity index (χ4n) is 2.59. The first-order valence-electron chi connectivity index (χ1n) is 7.48. The summed E-state index contributed by atoms with van der Waals surface area (Å²) in [6.07, 6.45) is 3.65. The van der Waals surface area contributed by atoms with Crippen LogP contribution in [0.15, 0.2) is 36.5 Å². The zero-order valence-electron chi connectivity index (χ0n) is 12.6. The van der Waals surface area contributed by atoms with Crippen molar-refractivity contribution in [1.82, 2.24) is 14.5 Å². The molecule has 5 heteroatoms. The van der Waals surface area contributed by atoms with E-state index in [1.807, 2.05) is 29.8 Å². The van der Waals surface area contributed by atoms with Gasteiger partial charge in [0.25, 0.3) is 0 Å². The minimum atomic E-state index is -0.269. The van der Waals surface area contributed by atoms with Crippen LogP contribution in [0.5, 0.6) is 0 Å². The Kier molecular flexibility index (Phi) is 4.15. The summed E-state index contributed by atoms with van der Waals surface area (Å²) >= 11 is 0. The highest BCUT2D eigenvalue weighted by atomic mass is 19.1. The van der Waals surface area contributed by atoms with E-state index in [0.29, 0.717) is 17.9 Å². The number of aromatic nitrogens is 3. The zero-order valence-corrected chi connectivity index (χ0v) is 12.6. The summed E-state index contributed by atoms with van der Waals surface area (Å²) in [7, 11) is 0. The molecule has 4 nitrogen and oxygen atoms in total. The molecule has 0 amide bonds. The lowest BCUT2D eigenvalue weighted by Crippen LogP contribution is -2.06. The molecular weight excluding hydrogens is 279 g/mol. The van der Waals surface area contributed by atoms with Gasteiger partial charge in [0, 0.05) is 12.7 Å². The largest absolute Gasteiger partial charge is 0.330 e. The molecule has 3 rings (SSSR count). The van der Waals surface area contributed by atoms with Gasteiger partial charge in [0.1, 0.15) is 17.2 Å². The Balaban J connectivity index is 2.15. The maximum atomic E-state index is 14.2. The van der Waals surface area contributed by atoms with Crippen molar-refractivity contribution < 1.29 is 4.39 Å². The van der Waals surface area contributed by atoms with Gasteiger partial charge in [-0.15, -0.1) is 0 Å². The van der Waals surface area contributed by atoms with Crippen molar-refractivity contribution in [3.8, 4) is 11.4 Å². The van der Waals surface area contributed by atoms with Gasteiger partial charge >= 0.3 is 0 Å². The van der Waals surface area contributed by atoms with Crippen LogP contribution in [0.3, 0.4) is 0 Å². The molecule has 0 bridgehead atoms. The first kappa shape index (κ1) is 14.7. The number of nitrogens with two attached hydrogens (primary N) is 1. The number of unbranched alkanes of at least 4 members (excludes halogenated alkanes) is 1. The third-order valence-electron chi connectivity index (χ3n) is 3.67. The van der Waals surface area contributed by atoms with E-state index >= 15 is 0 Å². The number of pyridine rings is 1. The van der Waals surface area contributed by atoms with Crippen LogP contribution in [-0.2, 0) is 6.54 Å². The van der Waals surface area contributed by atoms with Crippen molar-refractivity contribution in [2.75, 3.05) is 6.54 Å². The molecule has 3 aromatic rings. The third kappa shape index (κ3) is 2.72. The molecule has 0 radical (unpaired) electrons. The highest BCUT2D eigenvalue weighted by molar-refractivity contribution is 5.77. The number of aryl methyl sites for hydroxylation is 2. The maximum Gasteiger partial charge on any atom is 0.160 e. The van der Waals surface area contributed by atoms with Gasteiger partial charge in [-0.25, -0.2) is 14.4 Å². The molecule has 2 aromatic heterocycles. The fourth-order valence-corrected chi connectivity index (χ4v) is 2.59. The molecule has 0 spiro atoms. The van der Waals surface area contributed by atoms with Gasteiger partial charge < -0.3 is 10.3 Å². The number of hydrogen-bond donors (Lipinski definition) is 1. The second-order valence-electron chi connectivity index (χ2n) is 5.42. The molecule has 0 aliphatic heterocycles. The standard InChI is InChI=1S/C17H19FN4/c1-12-10-15-17(20-11-12)22(9-5-4-8-19)16(21-15)13-6-2-3-7-14(13)18/h2-3,6-7,10-11H,4-5,8-9,19H2,1H3. The topological polar surface area (TPSA) is 56.7 Å². The summed E-state index contributed by atoms with van der Waals surface area (Å²) in [4.78, 5) is 9.09. The number of halogens is 1. The molecule has 22 heavy (non-hydrogen) atoms. The first-order chi connectivity index (χ1) is 10.7. The average Bonchev–Trinajstić information content (AvgIpc) is 2.85. The zero-order chi connectivity index (χ0) is 15.5. The Morgan fingerprint density at radius 1 is 1.23 bits per heavy atom. The van der Waals surface area contributed by atoms with Crippen molar-refractivity contribution in [2.24, 2.45) is 5.73 Å². The predicted molar refractivity (Wildman–Crippen MR) is 85.9 cm³/mol. The smallest absolute Gasteiger partial charge is 0.160 e. The van der Waals surface area contributed by atoms with E-state index in [0.717, 1.165) is 36.1 Å². The molecular formula is C17H19FN4. The monoisotopic (exact) mass is 298 g/mol. The average molecular weight is 298 g/mol. The van der Waals surface area contributed by atoms with Gasteiger partial charge in [0.15, 0.2) is 5.65 Å². The molecule has 114 valence electrons. The van der Waals surface area contributed by atoms with E-state index in [9.17, 15) is 4.39 Å². The van der Waals surface area contributed by atoms with E-state index in [1.54, 1.807) is 12.1 Å². The summed E-state index contributed by atoms with van der Waals surface area (Å²) in [5, 5.41) is 0. The third-order valence-corrected chi connectivity index (χ3v) is 3.67. The van der Waals surface area contributed by atoms with E-state index in [4.69, 9.17) is 5.73 Å². The van der Waals surface area contributed by atoms with Crippen molar-refractivity contribution in [3.05, 3.63) is 47.9 Å². The lowest BCUT2D eigenvalue weighted by molar-refractivity contribution is 0.613. The molecule has 1 aromatic carbocycles. The van der Waals surface area contributed by atoms with Gasteiger partial charge in [-0.1, -0.05) is 12.1 Å². The highest BCUT2D eigenvalue weighted by Crippen LogP contribution is 2.26. The number of nitrogens with zero attached hydrogens (tertiary/aromatic N) is 3. The van der Waals surface area contributed by atoms with Crippen LogP contribution in [0.2, 0.25) is 0 Å². The quantitative estimate of drug-likeness (QED) is 0.735. The van der Waals surface area contributed by atoms with Crippen LogP contribution >= 0.6 is 0 Å². The number of benzene rings is 1. The Bertz CT molecular complexity index is 794. The number of hydrogen-bond acceptors (Lipinski definition) is 3. The minimum Gasteiger partial charge on any atom is -0.330 e. The van der Waals surface area contributed by atoms with Crippen LogP contribution in [0.1, 0.15) is 18.4 Å². The molecule has 0 atom stereocenters. The number of imidazole rings is 1. The highest BCUT2D eigenvalue weighted by Gasteiger charge is 2.16. The van der Waals surface area contributed by atoms with Gasteiger partial charge in [-0.05, 0) is 50.1 Å². The number of fused-ring (bicyclic) bond motifs is 1. The van der Waals surface area contributed by atoms with Gasteiger partial charge in [0.05, 0.1) is 5.56 Å². The van der Waals surface area contributed by atoms with Crippen LogP contribution in [0.25, 0.3) is 22.6 Å². The summed E-state index contributed by atoms with van der Waals surface area (Å²) in [6.45, 7) is 3.35. The van der Waals surface area contributed by atoms with E-state index < -0.39 is 0 Å². The minimum absolute atomic E-state index is 0.269. The lowest BCUT2D eigenvalue weighted by atomic mass is 10.2. The molecule has 0 aliphatic carbocycles.